The highest BCUT2D eigenvalue weighted by Crippen LogP contribution is 2.65. The third-order valence-electron chi connectivity index (χ3n) is 7.74. The van der Waals surface area contributed by atoms with Crippen LogP contribution in [0.1, 0.15) is 71.6 Å². The average molecular weight is 272 g/mol. The van der Waals surface area contributed by atoms with E-state index >= 15 is 0 Å². The number of carbonyl (C=O) groups is 1. The Morgan fingerprint density at radius 2 is 1.85 bits per heavy atom. The summed E-state index contributed by atoms with van der Waals surface area (Å²) in [5, 5.41) is 0. The topological polar surface area (TPSA) is 17.1 Å². The molecule has 3 saturated carbocycles. The van der Waals surface area contributed by atoms with Crippen LogP contribution in [0, 0.1) is 28.6 Å². The fraction of sp³-hybridized carbons (Fsp3) is 0.842. The predicted octanol–water partition coefficient (Wildman–Crippen LogP) is 4.91. The third-order valence-corrected chi connectivity index (χ3v) is 7.74. The van der Waals surface area contributed by atoms with Gasteiger partial charge in [0.2, 0.25) is 0 Å². The highest BCUT2D eigenvalue weighted by atomic mass is 16.1. The number of allylic oxidation sites excluding steroid dienone is 1. The average Bonchev–Trinajstić information content (AvgIpc) is 2.81. The molecule has 4 rings (SSSR count). The SMILES string of the molecule is C[C@]12CCCC1C1CCC3=CC(=O)CC[C@@]3(C)C1CC2. The van der Waals surface area contributed by atoms with Crippen LogP contribution in [0.4, 0.5) is 0 Å². The van der Waals surface area contributed by atoms with Gasteiger partial charge in [-0.25, -0.2) is 0 Å². The summed E-state index contributed by atoms with van der Waals surface area (Å²) < 4.78 is 0. The lowest BCUT2D eigenvalue weighted by atomic mass is 9.47. The predicted molar refractivity (Wildman–Crippen MR) is 81.3 cm³/mol. The molecule has 1 heteroatoms. The highest BCUT2D eigenvalue weighted by molar-refractivity contribution is 5.91. The van der Waals surface area contributed by atoms with Crippen LogP contribution in [0.5, 0.6) is 0 Å². The molecule has 0 N–H and O–H groups in total. The fourth-order valence-electron chi connectivity index (χ4n) is 6.55. The van der Waals surface area contributed by atoms with Gasteiger partial charge in [0.15, 0.2) is 5.78 Å². The lowest BCUT2D eigenvalue weighted by molar-refractivity contribution is -0.117. The zero-order valence-electron chi connectivity index (χ0n) is 13.1. The zero-order valence-corrected chi connectivity index (χ0v) is 13.1. The maximum atomic E-state index is 11.8. The monoisotopic (exact) mass is 272 g/mol. The van der Waals surface area contributed by atoms with Gasteiger partial charge in [0, 0.05) is 6.42 Å². The van der Waals surface area contributed by atoms with Crippen molar-refractivity contribution in [2.24, 2.45) is 28.6 Å². The summed E-state index contributed by atoms with van der Waals surface area (Å²) in [4.78, 5) is 11.8. The Kier molecular flexibility index (Phi) is 2.76. The third kappa shape index (κ3) is 1.64. The summed E-state index contributed by atoms with van der Waals surface area (Å²) in [5.74, 6) is 3.19. The Bertz CT molecular complexity index is 476. The van der Waals surface area contributed by atoms with E-state index in [1.807, 2.05) is 6.08 Å². The summed E-state index contributed by atoms with van der Waals surface area (Å²) in [6, 6.07) is 0. The number of rotatable bonds is 0. The minimum absolute atomic E-state index is 0.362. The number of fused-ring (bicyclic) bond motifs is 5. The normalized spacial score (nSPS) is 51.0. The molecule has 3 unspecified atom stereocenters. The first-order chi connectivity index (χ1) is 9.53. The van der Waals surface area contributed by atoms with E-state index in [9.17, 15) is 4.79 Å². The molecule has 0 aromatic heterocycles. The minimum Gasteiger partial charge on any atom is -0.295 e. The first-order valence-corrected chi connectivity index (χ1v) is 8.77. The molecule has 0 amide bonds. The Labute approximate surface area is 123 Å². The quantitative estimate of drug-likeness (QED) is 0.612. The molecule has 0 radical (unpaired) electrons. The summed E-state index contributed by atoms with van der Waals surface area (Å²) >= 11 is 0. The van der Waals surface area contributed by atoms with Crippen LogP contribution >= 0.6 is 0 Å². The van der Waals surface area contributed by atoms with Crippen LogP contribution in [0.15, 0.2) is 11.6 Å². The standard InChI is InChI=1S/C19H28O/c1-18-9-3-4-16(18)15-6-5-13-12-14(20)7-11-19(13,2)17(15)8-10-18/h12,15-17H,3-11H2,1-2H3/t15?,16?,17?,18-,19-/m1/s1. The summed E-state index contributed by atoms with van der Waals surface area (Å²) in [7, 11) is 0. The smallest absolute Gasteiger partial charge is 0.155 e. The van der Waals surface area contributed by atoms with Crippen molar-refractivity contribution in [1.82, 2.24) is 0 Å². The van der Waals surface area contributed by atoms with Crippen molar-refractivity contribution >= 4 is 5.78 Å². The molecule has 0 aliphatic heterocycles. The van der Waals surface area contributed by atoms with Crippen LogP contribution in [0.3, 0.4) is 0 Å². The van der Waals surface area contributed by atoms with Gasteiger partial charge >= 0.3 is 0 Å². The van der Waals surface area contributed by atoms with Crippen molar-refractivity contribution in [3.05, 3.63) is 11.6 Å². The van der Waals surface area contributed by atoms with Crippen LogP contribution in [-0.4, -0.2) is 5.78 Å². The molecule has 4 aliphatic rings. The molecule has 0 heterocycles. The van der Waals surface area contributed by atoms with Crippen molar-refractivity contribution in [2.75, 3.05) is 0 Å². The molecule has 20 heavy (non-hydrogen) atoms. The second-order valence-corrected chi connectivity index (χ2v) is 8.55. The maximum absolute atomic E-state index is 11.8. The van der Waals surface area contributed by atoms with Gasteiger partial charge in [0.25, 0.3) is 0 Å². The Morgan fingerprint density at radius 3 is 2.70 bits per heavy atom. The molecule has 0 bridgehead atoms. The molecule has 110 valence electrons. The summed E-state index contributed by atoms with van der Waals surface area (Å²) in [6.07, 6.45) is 13.8. The summed E-state index contributed by atoms with van der Waals surface area (Å²) in [5.41, 5.74) is 2.53. The van der Waals surface area contributed by atoms with Gasteiger partial charge in [-0.1, -0.05) is 25.8 Å². The largest absolute Gasteiger partial charge is 0.295 e. The molecule has 1 nitrogen and oxygen atoms in total. The van der Waals surface area contributed by atoms with Gasteiger partial charge in [-0.15, -0.1) is 0 Å². The van der Waals surface area contributed by atoms with E-state index in [0.29, 0.717) is 16.6 Å². The van der Waals surface area contributed by atoms with Crippen molar-refractivity contribution in [3.8, 4) is 0 Å². The Morgan fingerprint density at radius 1 is 1.00 bits per heavy atom. The lowest BCUT2D eigenvalue weighted by Crippen LogP contribution is -2.49. The molecule has 5 atom stereocenters. The van der Waals surface area contributed by atoms with E-state index in [1.165, 1.54) is 50.5 Å². The van der Waals surface area contributed by atoms with E-state index < -0.39 is 0 Å². The van der Waals surface area contributed by atoms with E-state index in [0.717, 1.165) is 30.6 Å². The Hall–Kier alpha value is -0.590. The van der Waals surface area contributed by atoms with Crippen LogP contribution in [0.25, 0.3) is 0 Å². The van der Waals surface area contributed by atoms with Gasteiger partial charge in [-0.05, 0) is 79.6 Å². The number of ketones is 1. The zero-order chi connectivity index (χ0) is 14.0. The molecule has 0 saturated heterocycles. The molecule has 3 fully saturated rings. The van der Waals surface area contributed by atoms with Gasteiger partial charge in [-0.2, -0.15) is 0 Å². The number of hydrogen-bond acceptors (Lipinski definition) is 1. The second kappa shape index (κ2) is 4.21. The van der Waals surface area contributed by atoms with Crippen molar-refractivity contribution < 1.29 is 4.79 Å². The number of hydrogen-bond donors (Lipinski definition) is 0. The molecule has 0 aromatic rings. The van der Waals surface area contributed by atoms with E-state index in [2.05, 4.69) is 13.8 Å². The molecular formula is C19H28O. The van der Waals surface area contributed by atoms with Gasteiger partial charge < -0.3 is 0 Å². The number of carbonyl (C=O) groups excluding carboxylic acids is 1. The van der Waals surface area contributed by atoms with Gasteiger partial charge in [0.05, 0.1) is 0 Å². The van der Waals surface area contributed by atoms with Gasteiger partial charge in [-0.3, -0.25) is 4.79 Å². The van der Waals surface area contributed by atoms with Crippen LogP contribution in [-0.2, 0) is 4.79 Å². The van der Waals surface area contributed by atoms with Crippen molar-refractivity contribution in [1.29, 1.82) is 0 Å². The molecule has 4 aliphatic carbocycles. The van der Waals surface area contributed by atoms with E-state index in [1.54, 1.807) is 0 Å². The minimum atomic E-state index is 0.362. The van der Waals surface area contributed by atoms with E-state index in [4.69, 9.17) is 0 Å². The van der Waals surface area contributed by atoms with Crippen LogP contribution in [0.2, 0.25) is 0 Å². The molecular weight excluding hydrogens is 244 g/mol. The Balaban J connectivity index is 1.69. The van der Waals surface area contributed by atoms with Gasteiger partial charge in [0.1, 0.15) is 0 Å². The maximum Gasteiger partial charge on any atom is 0.155 e. The van der Waals surface area contributed by atoms with E-state index in [-0.39, 0.29) is 0 Å². The lowest BCUT2D eigenvalue weighted by Gasteiger charge is -2.57. The molecule has 0 aromatic carbocycles. The highest BCUT2D eigenvalue weighted by Gasteiger charge is 2.55. The van der Waals surface area contributed by atoms with Crippen molar-refractivity contribution in [3.63, 3.8) is 0 Å². The fourth-order valence-corrected chi connectivity index (χ4v) is 6.55. The summed E-state index contributed by atoms with van der Waals surface area (Å²) in [6.45, 7) is 5.05. The first kappa shape index (κ1) is 13.1. The van der Waals surface area contributed by atoms with Crippen LogP contribution < -0.4 is 0 Å². The van der Waals surface area contributed by atoms with Crippen molar-refractivity contribution in [2.45, 2.75) is 71.6 Å². The first-order valence-electron chi connectivity index (χ1n) is 8.77. The second-order valence-electron chi connectivity index (χ2n) is 8.55. The molecule has 0 spiro atoms.